The normalized spacial score (nSPS) is 12.4. The fourth-order valence-electron chi connectivity index (χ4n) is 2.32. The van der Waals surface area contributed by atoms with Crippen molar-refractivity contribution in [3.05, 3.63) is 59.7 Å². The third kappa shape index (κ3) is 3.45. The van der Waals surface area contributed by atoms with Crippen molar-refractivity contribution in [1.29, 1.82) is 0 Å². The Morgan fingerprint density at radius 3 is 1.84 bits per heavy atom. The molecule has 0 saturated heterocycles. The summed E-state index contributed by atoms with van der Waals surface area (Å²) in [5, 5.41) is 3.44. The number of aryl methyl sites for hydroxylation is 1. The lowest BCUT2D eigenvalue weighted by Crippen LogP contribution is -2.17. The molecule has 1 nitrogen and oxygen atoms in total. The van der Waals surface area contributed by atoms with E-state index >= 15 is 0 Å². The van der Waals surface area contributed by atoms with Gasteiger partial charge in [0.25, 0.3) is 0 Å². The molecule has 19 heavy (non-hydrogen) atoms. The van der Waals surface area contributed by atoms with Crippen LogP contribution in [0.1, 0.15) is 37.9 Å². The second-order valence-electron chi connectivity index (χ2n) is 4.95. The average molecular weight is 253 g/mol. The summed E-state index contributed by atoms with van der Waals surface area (Å²) in [4.78, 5) is 0. The first-order valence-corrected chi connectivity index (χ1v) is 7.17. The summed E-state index contributed by atoms with van der Waals surface area (Å²) < 4.78 is 0. The Hall–Kier alpha value is -1.60. The van der Waals surface area contributed by atoms with Crippen LogP contribution in [0.25, 0.3) is 11.1 Å². The molecular weight excluding hydrogens is 230 g/mol. The third-order valence-electron chi connectivity index (χ3n) is 3.62. The molecule has 1 atom stereocenters. The molecule has 1 N–H and O–H groups in total. The van der Waals surface area contributed by atoms with Crippen LogP contribution >= 0.6 is 0 Å². The third-order valence-corrected chi connectivity index (χ3v) is 3.62. The van der Waals surface area contributed by atoms with Gasteiger partial charge in [0, 0.05) is 6.04 Å². The Balaban J connectivity index is 2.17. The molecular formula is C18H23N. The second kappa shape index (κ2) is 6.53. The molecule has 2 aromatic carbocycles. The van der Waals surface area contributed by atoms with Crippen molar-refractivity contribution in [2.45, 2.75) is 33.2 Å². The highest BCUT2D eigenvalue weighted by atomic mass is 14.9. The summed E-state index contributed by atoms with van der Waals surface area (Å²) in [6, 6.07) is 18.1. The van der Waals surface area contributed by atoms with E-state index in [4.69, 9.17) is 0 Å². The lowest BCUT2D eigenvalue weighted by atomic mass is 10.00. The summed E-state index contributed by atoms with van der Waals surface area (Å²) >= 11 is 0. The van der Waals surface area contributed by atoms with E-state index in [9.17, 15) is 0 Å². The summed E-state index contributed by atoms with van der Waals surface area (Å²) in [6.45, 7) is 7.53. The van der Waals surface area contributed by atoms with E-state index in [-0.39, 0.29) is 0 Å². The fraction of sp³-hybridized carbons (Fsp3) is 0.333. The topological polar surface area (TPSA) is 12.0 Å². The fourth-order valence-corrected chi connectivity index (χ4v) is 2.32. The Bertz CT molecular complexity index is 496. The molecule has 0 saturated carbocycles. The van der Waals surface area contributed by atoms with E-state index in [0.29, 0.717) is 6.04 Å². The van der Waals surface area contributed by atoms with Gasteiger partial charge in [0.1, 0.15) is 0 Å². The van der Waals surface area contributed by atoms with Crippen molar-refractivity contribution in [3.63, 3.8) is 0 Å². The maximum absolute atomic E-state index is 3.44. The number of hydrogen-bond donors (Lipinski definition) is 1. The molecule has 100 valence electrons. The van der Waals surface area contributed by atoms with Gasteiger partial charge in [0.15, 0.2) is 0 Å². The van der Waals surface area contributed by atoms with Crippen LogP contribution in [0.4, 0.5) is 0 Å². The highest BCUT2D eigenvalue weighted by Crippen LogP contribution is 2.22. The van der Waals surface area contributed by atoms with E-state index in [2.05, 4.69) is 74.6 Å². The lowest BCUT2D eigenvalue weighted by molar-refractivity contribution is 0.598. The molecule has 0 spiro atoms. The van der Waals surface area contributed by atoms with Gasteiger partial charge in [-0.3, -0.25) is 0 Å². The summed E-state index contributed by atoms with van der Waals surface area (Å²) in [6.07, 6.45) is 1.10. The first-order chi connectivity index (χ1) is 9.24. The van der Waals surface area contributed by atoms with Crippen LogP contribution in [0.5, 0.6) is 0 Å². The van der Waals surface area contributed by atoms with Gasteiger partial charge in [-0.1, -0.05) is 62.4 Å². The van der Waals surface area contributed by atoms with Gasteiger partial charge in [-0.2, -0.15) is 0 Å². The van der Waals surface area contributed by atoms with Crippen molar-refractivity contribution in [2.24, 2.45) is 0 Å². The van der Waals surface area contributed by atoms with E-state index in [0.717, 1.165) is 13.0 Å². The molecule has 0 aliphatic carbocycles. The van der Waals surface area contributed by atoms with Crippen molar-refractivity contribution in [3.8, 4) is 11.1 Å². The van der Waals surface area contributed by atoms with Crippen LogP contribution in [0.2, 0.25) is 0 Å². The molecule has 1 unspecified atom stereocenters. The van der Waals surface area contributed by atoms with E-state index in [1.54, 1.807) is 0 Å². The van der Waals surface area contributed by atoms with Gasteiger partial charge < -0.3 is 5.32 Å². The molecule has 0 heterocycles. The largest absolute Gasteiger partial charge is 0.310 e. The minimum Gasteiger partial charge on any atom is -0.310 e. The van der Waals surface area contributed by atoms with Gasteiger partial charge in [-0.05, 0) is 42.1 Å². The van der Waals surface area contributed by atoms with Crippen LogP contribution in [-0.2, 0) is 6.42 Å². The van der Waals surface area contributed by atoms with E-state index in [1.807, 2.05) is 0 Å². The monoisotopic (exact) mass is 253 g/mol. The van der Waals surface area contributed by atoms with Crippen molar-refractivity contribution in [2.75, 3.05) is 6.54 Å². The molecule has 0 aromatic heterocycles. The zero-order valence-electron chi connectivity index (χ0n) is 12.1. The molecule has 0 fully saturated rings. The smallest absolute Gasteiger partial charge is 0.0291 e. The standard InChI is InChI=1S/C18H23N/c1-4-15-6-8-17(9-7-15)18-12-10-16(11-13-18)14(3)19-5-2/h6-14,19H,4-5H2,1-3H3. The van der Waals surface area contributed by atoms with E-state index in [1.165, 1.54) is 22.3 Å². The highest BCUT2D eigenvalue weighted by molar-refractivity contribution is 5.64. The number of rotatable bonds is 5. The van der Waals surface area contributed by atoms with Gasteiger partial charge in [-0.25, -0.2) is 0 Å². The van der Waals surface area contributed by atoms with Gasteiger partial charge in [-0.15, -0.1) is 0 Å². The summed E-state index contributed by atoms with van der Waals surface area (Å²) in [5.74, 6) is 0. The SMILES string of the molecule is CCNC(C)c1ccc(-c2ccc(CC)cc2)cc1. The van der Waals surface area contributed by atoms with Crippen LogP contribution < -0.4 is 5.32 Å². The Morgan fingerprint density at radius 1 is 0.842 bits per heavy atom. The minimum atomic E-state index is 0.418. The molecule has 0 aliphatic heterocycles. The Morgan fingerprint density at radius 2 is 1.37 bits per heavy atom. The first kappa shape index (κ1) is 13.8. The highest BCUT2D eigenvalue weighted by Gasteiger charge is 2.04. The Labute approximate surface area is 116 Å². The quantitative estimate of drug-likeness (QED) is 0.822. The lowest BCUT2D eigenvalue weighted by Gasteiger charge is -2.13. The van der Waals surface area contributed by atoms with Crippen molar-refractivity contribution >= 4 is 0 Å². The second-order valence-corrected chi connectivity index (χ2v) is 4.95. The number of benzene rings is 2. The maximum atomic E-state index is 3.44. The average Bonchev–Trinajstić information content (AvgIpc) is 2.48. The molecule has 2 aromatic rings. The van der Waals surface area contributed by atoms with Gasteiger partial charge >= 0.3 is 0 Å². The predicted molar refractivity (Wildman–Crippen MR) is 83.3 cm³/mol. The van der Waals surface area contributed by atoms with Crippen LogP contribution in [0.15, 0.2) is 48.5 Å². The number of hydrogen-bond acceptors (Lipinski definition) is 1. The zero-order chi connectivity index (χ0) is 13.7. The molecule has 0 aliphatic rings. The predicted octanol–water partition coefficient (Wildman–Crippen LogP) is 4.59. The van der Waals surface area contributed by atoms with E-state index < -0.39 is 0 Å². The molecule has 0 radical (unpaired) electrons. The summed E-state index contributed by atoms with van der Waals surface area (Å²) in [5.41, 5.74) is 5.31. The molecule has 0 amide bonds. The van der Waals surface area contributed by atoms with Gasteiger partial charge in [0.05, 0.1) is 0 Å². The maximum Gasteiger partial charge on any atom is 0.0291 e. The Kier molecular flexibility index (Phi) is 4.75. The molecule has 1 heteroatoms. The van der Waals surface area contributed by atoms with Crippen molar-refractivity contribution in [1.82, 2.24) is 5.32 Å². The molecule has 2 rings (SSSR count). The van der Waals surface area contributed by atoms with Crippen LogP contribution in [-0.4, -0.2) is 6.54 Å². The number of nitrogens with one attached hydrogen (secondary N) is 1. The first-order valence-electron chi connectivity index (χ1n) is 7.17. The van der Waals surface area contributed by atoms with Crippen molar-refractivity contribution < 1.29 is 0 Å². The van der Waals surface area contributed by atoms with Crippen LogP contribution in [0.3, 0.4) is 0 Å². The molecule has 0 bridgehead atoms. The minimum absolute atomic E-state index is 0.418. The summed E-state index contributed by atoms with van der Waals surface area (Å²) in [7, 11) is 0. The van der Waals surface area contributed by atoms with Crippen LogP contribution in [0, 0.1) is 0 Å². The van der Waals surface area contributed by atoms with Gasteiger partial charge in [0.2, 0.25) is 0 Å². The zero-order valence-corrected chi connectivity index (χ0v) is 12.1.